The molecule has 0 spiro atoms. The molecule has 0 radical (unpaired) electrons. The summed E-state index contributed by atoms with van der Waals surface area (Å²) in [6.45, 7) is 7.93. The first-order valence-corrected chi connectivity index (χ1v) is 13.2. The molecular formula is C30H35N5O3. The van der Waals surface area contributed by atoms with Gasteiger partial charge in [-0.25, -0.2) is 14.6 Å². The Kier molecular flexibility index (Phi) is 7.22. The summed E-state index contributed by atoms with van der Waals surface area (Å²) < 4.78 is 7.39. The maximum Gasteiger partial charge on any atom is 0.410 e. The van der Waals surface area contributed by atoms with Crippen molar-refractivity contribution < 1.29 is 9.53 Å². The van der Waals surface area contributed by atoms with Crippen LogP contribution in [0.4, 0.5) is 10.6 Å². The topological polar surface area (TPSA) is 83.5 Å². The van der Waals surface area contributed by atoms with Gasteiger partial charge in [-0.05, 0) is 50.8 Å². The number of rotatable bonds is 6. The van der Waals surface area contributed by atoms with Crippen molar-refractivity contribution in [1.29, 1.82) is 0 Å². The van der Waals surface area contributed by atoms with E-state index in [4.69, 9.17) is 9.72 Å². The number of nitrogens with zero attached hydrogens (tertiary/aromatic N) is 4. The van der Waals surface area contributed by atoms with E-state index in [9.17, 15) is 9.59 Å². The molecule has 0 aliphatic carbocycles. The third-order valence-electron chi connectivity index (χ3n) is 6.76. The molecule has 1 aliphatic rings. The largest absolute Gasteiger partial charge is 0.444 e. The molecule has 1 saturated heterocycles. The summed E-state index contributed by atoms with van der Waals surface area (Å²) in [6.07, 6.45) is 3.03. The summed E-state index contributed by atoms with van der Waals surface area (Å²) in [5.41, 5.74) is 3.06. The van der Waals surface area contributed by atoms with Crippen LogP contribution < -0.4 is 10.6 Å². The summed E-state index contributed by atoms with van der Waals surface area (Å²) in [7, 11) is 0. The van der Waals surface area contributed by atoms with E-state index in [2.05, 4.69) is 34.1 Å². The molecule has 0 saturated carbocycles. The Morgan fingerprint density at radius 1 is 1.03 bits per heavy atom. The fraction of sp³-hybridized carbons (Fsp3) is 0.367. The smallest absolute Gasteiger partial charge is 0.410 e. The number of aromatic nitrogens is 3. The van der Waals surface area contributed by atoms with Crippen LogP contribution in [0.3, 0.4) is 0 Å². The average Bonchev–Trinajstić information content (AvgIpc) is 3.24. The Labute approximate surface area is 222 Å². The second-order valence-corrected chi connectivity index (χ2v) is 10.9. The quantitative estimate of drug-likeness (QED) is 0.368. The average molecular weight is 514 g/mol. The number of aromatic amines is 1. The van der Waals surface area contributed by atoms with Gasteiger partial charge in [0, 0.05) is 32.4 Å². The number of nitrogens with one attached hydrogen (secondary N) is 1. The molecule has 3 heterocycles. The van der Waals surface area contributed by atoms with Crippen LogP contribution in [-0.4, -0.2) is 44.2 Å². The number of amides is 1. The first-order chi connectivity index (χ1) is 18.3. The van der Waals surface area contributed by atoms with Crippen LogP contribution in [-0.2, 0) is 17.8 Å². The van der Waals surface area contributed by atoms with E-state index >= 15 is 0 Å². The van der Waals surface area contributed by atoms with Crippen LogP contribution in [0.2, 0.25) is 0 Å². The molecule has 1 N–H and O–H groups in total. The zero-order valence-electron chi connectivity index (χ0n) is 22.3. The lowest BCUT2D eigenvalue weighted by atomic mass is 10.1. The predicted octanol–water partition coefficient (Wildman–Crippen LogP) is 5.50. The van der Waals surface area contributed by atoms with Gasteiger partial charge in [0.1, 0.15) is 11.1 Å². The number of carbonyl (C=O) groups is 1. The van der Waals surface area contributed by atoms with Crippen LogP contribution >= 0.6 is 0 Å². The van der Waals surface area contributed by atoms with E-state index in [0.717, 1.165) is 35.3 Å². The summed E-state index contributed by atoms with van der Waals surface area (Å²) >= 11 is 0. The number of imidazole rings is 1. The molecular weight excluding hydrogens is 478 g/mol. The van der Waals surface area contributed by atoms with Gasteiger partial charge in [0.05, 0.1) is 11.6 Å². The molecule has 198 valence electrons. The van der Waals surface area contributed by atoms with E-state index < -0.39 is 5.60 Å². The molecule has 0 unspecified atom stereocenters. The van der Waals surface area contributed by atoms with Crippen molar-refractivity contribution in [2.45, 2.75) is 58.3 Å². The molecule has 2 aromatic carbocycles. The van der Waals surface area contributed by atoms with Crippen molar-refractivity contribution in [3.05, 3.63) is 94.5 Å². The minimum Gasteiger partial charge on any atom is -0.444 e. The Balaban J connectivity index is 1.49. The van der Waals surface area contributed by atoms with E-state index in [-0.39, 0.29) is 17.8 Å². The number of anilines is 1. The fourth-order valence-corrected chi connectivity index (χ4v) is 5.11. The molecule has 0 bridgehead atoms. The third-order valence-corrected chi connectivity index (χ3v) is 6.76. The van der Waals surface area contributed by atoms with E-state index in [1.54, 1.807) is 15.7 Å². The predicted molar refractivity (Wildman–Crippen MR) is 149 cm³/mol. The van der Waals surface area contributed by atoms with E-state index in [1.165, 1.54) is 0 Å². The van der Waals surface area contributed by atoms with Crippen molar-refractivity contribution in [3.8, 4) is 0 Å². The maximum absolute atomic E-state index is 13.4. The van der Waals surface area contributed by atoms with Crippen LogP contribution in [0.1, 0.15) is 50.8 Å². The van der Waals surface area contributed by atoms with Crippen LogP contribution in [0.15, 0.2) is 77.7 Å². The fourth-order valence-electron chi connectivity index (χ4n) is 5.11. The molecule has 8 nitrogen and oxygen atoms in total. The lowest BCUT2D eigenvalue weighted by Crippen LogP contribution is -2.44. The first-order valence-electron chi connectivity index (χ1n) is 13.2. The van der Waals surface area contributed by atoms with Crippen molar-refractivity contribution in [3.63, 3.8) is 0 Å². The van der Waals surface area contributed by atoms with Gasteiger partial charge < -0.3 is 19.5 Å². The highest BCUT2D eigenvalue weighted by Gasteiger charge is 2.30. The number of hydrogen-bond donors (Lipinski definition) is 1. The van der Waals surface area contributed by atoms with Gasteiger partial charge in [-0.15, -0.1) is 0 Å². The molecule has 38 heavy (non-hydrogen) atoms. The van der Waals surface area contributed by atoms with Gasteiger partial charge in [-0.3, -0.25) is 4.57 Å². The normalized spacial score (nSPS) is 16.0. The number of H-pyrrole nitrogens is 1. The molecule has 1 atom stereocenters. The van der Waals surface area contributed by atoms with Crippen molar-refractivity contribution in [1.82, 2.24) is 19.4 Å². The molecule has 2 aromatic heterocycles. The summed E-state index contributed by atoms with van der Waals surface area (Å²) in [4.78, 5) is 37.9. The lowest BCUT2D eigenvalue weighted by Gasteiger charge is -2.34. The van der Waals surface area contributed by atoms with Crippen LogP contribution in [0, 0.1) is 0 Å². The van der Waals surface area contributed by atoms with Crippen molar-refractivity contribution in [2.24, 2.45) is 0 Å². The van der Waals surface area contributed by atoms with Gasteiger partial charge in [-0.2, -0.15) is 0 Å². The first kappa shape index (κ1) is 25.6. The van der Waals surface area contributed by atoms with Gasteiger partial charge in [0.25, 0.3) is 0 Å². The van der Waals surface area contributed by atoms with Crippen molar-refractivity contribution in [2.75, 3.05) is 18.0 Å². The highest BCUT2D eigenvalue weighted by molar-refractivity contribution is 5.86. The maximum atomic E-state index is 13.4. The molecule has 4 aromatic rings. The minimum absolute atomic E-state index is 0.149. The molecule has 1 fully saturated rings. The molecule has 8 heteroatoms. The molecule has 1 amide bonds. The lowest BCUT2D eigenvalue weighted by molar-refractivity contribution is 0.0173. The van der Waals surface area contributed by atoms with Gasteiger partial charge in [0.2, 0.25) is 0 Å². The summed E-state index contributed by atoms with van der Waals surface area (Å²) in [5, 5.41) is 0. The SMILES string of the molecule is CC(C)(C)OC(=O)N1CCC[C@@H](n2c(=O)[nH]c3c(N(Cc4ccccc4)Cc4ccccc4)nccc32)C1. The van der Waals surface area contributed by atoms with E-state index in [0.29, 0.717) is 31.7 Å². The number of carbonyl (C=O) groups excluding carboxylic acids is 1. The number of hydrogen-bond acceptors (Lipinski definition) is 5. The minimum atomic E-state index is -0.566. The highest BCUT2D eigenvalue weighted by atomic mass is 16.6. The summed E-state index contributed by atoms with van der Waals surface area (Å²) in [5.74, 6) is 0.728. The Bertz CT molecular complexity index is 1400. The number of benzene rings is 2. The second-order valence-electron chi connectivity index (χ2n) is 10.9. The number of fused-ring (bicyclic) bond motifs is 1. The third kappa shape index (κ3) is 5.74. The zero-order valence-corrected chi connectivity index (χ0v) is 22.3. The van der Waals surface area contributed by atoms with E-state index in [1.807, 2.05) is 63.2 Å². The van der Waals surface area contributed by atoms with Crippen LogP contribution in [0.25, 0.3) is 11.0 Å². The standard InChI is InChI=1S/C30H35N5O3/c1-30(2,3)38-29(37)33-18-10-15-24(21-33)35-25-16-17-31-27(26(25)32-28(35)36)34(19-22-11-6-4-7-12-22)20-23-13-8-5-9-14-23/h4-9,11-14,16-17,24H,10,15,18-21H2,1-3H3,(H,32,36)/t24-/m1/s1. The zero-order chi connectivity index (χ0) is 26.7. The molecule has 1 aliphatic heterocycles. The van der Waals surface area contributed by atoms with Crippen LogP contribution in [0.5, 0.6) is 0 Å². The molecule has 5 rings (SSSR count). The van der Waals surface area contributed by atoms with Gasteiger partial charge in [-0.1, -0.05) is 60.7 Å². The number of likely N-dealkylation sites (tertiary alicyclic amines) is 1. The second kappa shape index (κ2) is 10.7. The Hall–Kier alpha value is -4.07. The Morgan fingerprint density at radius 3 is 2.26 bits per heavy atom. The number of ether oxygens (including phenoxy) is 1. The van der Waals surface area contributed by atoms with Gasteiger partial charge in [0.15, 0.2) is 5.82 Å². The monoisotopic (exact) mass is 513 g/mol. The number of pyridine rings is 1. The van der Waals surface area contributed by atoms with Crippen molar-refractivity contribution >= 4 is 22.9 Å². The Morgan fingerprint density at radius 2 is 1.66 bits per heavy atom. The highest BCUT2D eigenvalue weighted by Crippen LogP contribution is 2.29. The summed E-state index contributed by atoms with van der Waals surface area (Å²) in [6, 6.07) is 22.3. The number of piperidine rings is 1. The van der Waals surface area contributed by atoms with Gasteiger partial charge >= 0.3 is 11.8 Å².